The van der Waals surface area contributed by atoms with Crippen molar-refractivity contribution in [1.29, 1.82) is 0 Å². The molecule has 1 fully saturated rings. The monoisotopic (exact) mass is 401 g/mol. The number of hydrogen-bond donors (Lipinski definition) is 0. The Balaban J connectivity index is 1.33. The van der Waals surface area contributed by atoms with E-state index in [1.165, 1.54) is 5.56 Å². The molecule has 1 aromatic heterocycles. The molecule has 0 unspecified atom stereocenters. The van der Waals surface area contributed by atoms with Crippen LogP contribution in [-0.4, -0.2) is 60.0 Å². The molecule has 1 aromatic carbocycles. The van der Waals surface area contributed by atoms with Crippen molar-refractivity contribution in [3.8, 4) is 0 Å². The number of aromatic nitrogens is 2. The molecule has 3 heterocycles. The Labute approximate surface area is 155 Å². The first-order valence-electron chi connectivity index (χ1n) is 8.54. The highest BCUT2D eigenvalue weighted by atomic mass is 79.9. The number of anilines is 2. The molecule has 0 spiro atoms. The third-order valence-electron chi connectivity index (χ3n) is 4.81. The highest BCUT2D eigenvalue weighted by molar-refractivity contribution is 9.10. The summed E-state index contributed by atoms with van der Waals surface area (Å²) in [6.45, 7) is 4.65. The van der Waals surface area contributed by atoms with Crippen molar-refractivity contribution < 1.29 is 4.79 Å². The van der Waals surface area contributed by atoms with Crippen LogP contribution in [0.5, 0.6) is 0 Å². The van der Waals surface area contributed by atoms with E-state index < -0.39 is 0 Å². The van der Waals surface area contributed by atoms with Crippen LogP contribution in [0.25, 0.3) is 0 Å². The zero-order chi connectivity index (χ0) is 17.2. The minimum Gasteiger partial charge on any atom is -0.338 e. The number of amides is 1. The molecule has 2 aliphatic rings. The van der Waals surface area contributed by atoms with E-state index in [1.807, 2.05) is 23.1 Å². The van der Waals surface area contributed by atoms with Gasteiger partial charge in [-0.25, -0.2) is 9.97 Å². The molecule has 7 heteroatoms. The fourth-order valence-corrected chi connectivity index (χ4v) is 3.65. The second-order valence-electron chi connectivity index (χ2n) is 6.39. The lowest BCUT2D eigenvalue weighted by atomic mass is 10.2. The molecule has 2 aromatic rings. The standard InChI is InChI=1S/C18H20BrN5O/c19-15-11-20-18(21-12-15)23-9-7-22(8-10-23)13-17(25)24-6-5-14-3-1-2-4-16(14)24/h1-4,11-12H,5-10,13H2. The van der Waals surface area contributed by atoms with Gasteiger partial charge in [-0.2, -0.15) is 0 Å². The molecule has 25 heavy (non-hydrogen) atoms. The average molecular weight is 402 g/mol. The van der Waals surface area contributed by atoms with E-state index in [1.54, 1.807) is 12.4 Å². The number of carbonyl (C=O) groups excluding carboxylic acids is 1. The first kappa shape index (κ1) is 16.5. The predicted octanol–water partition coefficient (Wildman–Crippen LogP) is 1.95. The molecule has 130 valence electrons. The normalized spacial score (nSPS) is 17.6. The molecule has 4 rings (SSSR count). The number of benzene rings is 1. The third kappa shape index (κ3) is 3.52. The minimum absolute atomic E-state index is 0.193. The molecule has 1 saturated heterocycles. The van der Waals surface area contributed by atoms with Crippen LogP contribution < -0.4 is 9.80 Å². The van der Waals surface area contributed by atoms with Gasteiger partial charge in [0.2, 0.25) is 11.9 Å². The number of halogens is 1. The summed E-state index contributed by atoms with van der Waals surface area (Å²) in [6.07, 6.45) is 4.49. The number of carbonyl (C=O) groups is 1. The van der Waals surface area contributed by atoms with E-state index in [0.717, 1.165) is 55.3 Å². The van der Waals surface area contributed by atoms with Crippen molar-refractivity contribution in [2.45, 2.75) is 6.42 Å². The summed E-state index contributed by atoms with van der Waals surface area (Å²) in [5.74, 6) is 0.945. The van der Waals surface area contributed by atoms with Crippen LogP contribution in [0.3, 0.4) is 0 Å². The van der Waals surface area contributed by atoms with Crippen molar-refractivity contribution in [3.63, 3.8) is 0 Å². The van der Waals surface area contributed by atoms with Crippen molar-refractivity contribution in [2.24, 2.45) is 0 Å². The van der Waals surface area contributed by atoms with E-state index in [0.29, 0.717) is 6.54 Å². The zero-order valence-electron chi connectivity index (χ0n) is 13.9. The van der Waals surface area contributed by atoms with Gasteiger partial charge < -0.3 is 9.80 Å². The van der Waals surface area contributed by atoms with Gasteiger partial charge in [0.1, 0.15) is 0 Å². The molecular weight excluding hydrogens is 382 g/mol. The van der Waals surface area contributed by atoms with E-state index in [9.17, 15) is 4.79 Å². The van der Waals surface area contributed by atoms with Gasteiger partial charge in [-0.1, -0.05) is 18.2 Å². The maximum absolute atomic E-state index is 12.7. The molecule has 2 aliphatic heterocycles. The van der Waals surface area contributed by atoms with Gasteiger partial charge in [-0.3, -0.25) is 9.69 Å². The Morgan fingerprint density at radius 3 is 2.52 bits per heavy atom. The first-order chi connectivity index (χ1) is 12.2. The van der Waals surface area contributed by atoms with Gasteiger partial charge in [0.05, 0.1) is 11.0 Å². The second-order valence-corrected chi connectivity index (χ2v) is 7.30. The summed E-state index contributed by atoms with van der Waals surface area (Å²) in [6, 6.07) is 8.19. The minimum atomic E-state index is 0.193. The van der Waals surface area contributed by atoms with Crippen LogP contribution in [0, 0.1) is 0 Å². The lowest BCUT2D eigenvalue weighted by Crippen LogP contribution is -2.50. The topological polar surface area (TPSA) is 52.6 Å². The van der Waals surface area contributed by atoms with Gasteiger partial charge in [0.25, 0.3) is 0 Å². The first-order valence-corrected chi connectivity index (χ1v) is 9.33. The maximum atomic E-state index is 12.7. The Morgan fingerprint density at radius 2 is 1.76 bits per heavy atom. The lowest BCUT2D eigenvalue weighted by molar-refractivity contribution is -0.119. The van der Waals surface area contributed by atoms with E-state index >= 15 is 0 Å². The SMILES string of the molecule is O=C(CN1CCN(c2ncc(Br)cn2)CC1)N1CCc2ccccc21. The summed E-state index contributed by atoms with van der Waals surface area (Å²) >= 11 is 3.36. The van der Waals surface area contributed by atoms with E-state index in [4.69, 9.17) is 0 Å². The summed E-state index contributed by atoms with van der Waals surface area (Å²) in [7, 11) is 0. The molecule has 0 bridgehead atoms. The third-order valence-corrected chi connectivity index (χ3v) is 5.22. The van der Waals surface area contributed by atoms with Crippen molar-refractivity contribution in [3.05, 3.63) is 46.7 Å². The quantitative estimate of drug-likeness (QED) is 0.786. The number of piperazine rings is 1. The maximum Gasteiger partial charge on any atom is 0.241 e. The Kier molecular flexibility index (Phi) is 4.67. The summed E-state index contributed by atoms with van der Waals surface area (Å²) in [5, 5.41) is 0. The fourth-order valence-electron chi connectivity index (χ4n) is 3.45. The number of rotatable bonds is 3. The predicted molar refractivity (Wildman–Crippen MR) is 101 cm³/mol. The van der Waals surface area contributed by atoms with Gasteiger partial charge >= 0.3 is 0 Å². The highest BCUT2D eigenvalue weighted by Crippen LogP contribution is 2.27. The van der Waals surface area contributed by atoms with E-state index in [-0.39, 0.29) is 5.91 Å². The Bertz CT molecular complexity index is 758. The zero-order valence-corrected chi connectivity index (χ0v) is 15.5. The number of hydrogen-bond acceptors (Lipinski definition) is 5. The largest absolute Gasteiger partial charge is 0.338 e. The van der Waals surface area contributed by atoms with Crippen LogP contribution in [0.4, 0.5) is 11.6 Å². The summed E-state index contributed by atoms with van der Waals surface area (Å²) in [4.78, 5) is 27.7. The van der Waals surface area contributed by atoms with Crippen LogP contribution >= 0.6 is 15.9 Å². The fraction of sp³-hybridized carbons (Fsp3) is 0.389. The number of nitrogens with zero attached hydrogens (tertiary/aromatic N) is 5. The second kappa shape index (κ2) is 7.09. The molecule has 0 aliphatic carbocycles. The molecule has 0 radical (unpaired) electrons. The smallest absolute Gasteiger partial charge is 0.241 e. The number of para-hydroxylation sites is 1. The Hall–Kier alpha value is -1.99. The van der Waals surface area contributed by atoms with Crippen molar-refractivity contribution in [2.75, 3.05) is 49.1 Å². The van der Waals surface area contributed by atoms with Crippen molar-refractivity contribution in [1.82, 2.24) is 14.9 Å². The molecule has 0 saturated carbocycles. The molecule has 0 atom stereocenters. The summed E-state index contributed by atoms with van der Waals surface area (Å²) < 4.78 is 0.881. The van der Waals surface area contributed by atoms with Crippen LogP contribution in [0.1, 0.15) is 5.56 Å². The van der Waals surface area contributed by atoms with Gasteiger partial charge in [-0.05, 0) is 34.0 Å². The average Bonchev–Trinajstić information content (AvgIpc) is 3.07. The highest BCUT2D eigenvalue weighted by Gasteiger charge is 2.27. The van der Waals surface area contributed by atoms with Crippen LogP contribution in [0.15, 0.2) is 41.1 Å². The Morgan fingerprint density at radius 1 is 1.04 bits per heavy atom. The van der Waals surface area contributed by atoms with Gasteiger partial charge in [0, 0.05) is 50.8 Å². The number of fused-ring (bicyclic) bond motifs is 1. The molecule has 1 amide bonds. The van der Waals surface area contributed by atoms with Gasteiger partial charge in [0.15, 0.2) is 0 Å². The van der Waals surface area contributed by atoms with Crippen LogP contribution in [0.2, 0.25) is 0 Å². The van der Waals surface area contributed by atoms with Crippen LogP contribution in [-0.2, 0) is 11.2 Å². The summed E-state index contributed by atoms with van der Waals surface area (Å²) in [5.41, 5.74) is 2.35. The van der Waals surface area contributed by atoms with Gasteiger partial charge in [-0.15, -0.1) is 0 Å². The van der Waals surface area contributed by atoms with E-state index in [2.05, 4.69) is 41.8 Å². The lowest BCUT2D eigenvalue weighted by Gasteiger charge is -2.35. The van der Waals surface area contributed by atoms with Crippen molar-refractivity contribution >= 4 is 33.5 Å². The molecule has 6 nitrogen and oxygen atoms in total. The molecule has 0 N–H and O–H groups in total. The molecular formula is C18H20BrN5O.